The zero-order valence-corrected chi connectivity index (χ0v) is 28.7. The van der Waals surface area contributed by atoms with Crippen LogP contribution in [0.25, 0.3) is 0 Å². The predicted octanol–water partition coefficient (Wildman–Crippen LogP) is 8.62. The van der Waals surface area contributed by atoms with Gasteiger partial charge in [-0.3, -0.25) is 23.8 Å². The van der Waals surface area contributed by atoms with Crippen LogP contribution < -0.4 is 14.5 Å². The molecule has 1 aromatic carbocycles. The lowest BCUT2D eigenvalue weighted by Gasteiger charge is -2.29. The van der Waals surface area contributed by atoms with Crippen molar-refractivity contribution in [2.75, 3.05) is 40.2 Å². The Morgan fingerprint density at radius 2 is 1.40 bits per heavy atom. The van der Waals surface area contributed by atoms with Crippen molar-refractivity contribution in [1.82, 2.24) is 0 Å². The molecule has 0 N–H and O–H groups in total. The smallest absolute Gasteiger partial charge is 0.265 e. The maximum absolute atomic E-state index is 14.7. The normalized spacial score (nSPS) is 16.4. The van der Waals surface area contributed by atoms with Gasteiger partial charge in [0, 0.05) is 34.5 Å². The molecule has 1 aromatic rings. The molecule has 4 rings (SSSR count). The second-order valence-electron chi connectivity index (χ2n) is 10.4. The first-order valence-corrected chi connectivity index (χ1v) is 21.5. The summed E-state index contributed by atoms with van der Waals surface area (Å²) >= 11 is 5.19. The molecule has 1 aliphatic carbocycles. The lowest BCUT2D eigenvalue weighted by atomic mass is 9.93. The number of imide groups is 1. The Labute approximate surface area is 267 Å². The number of hydrogen-bond acceptors (Lipinski definition) is 8. The SMILES string of the molecule is C#CCN1C(=O)COc2cc(F)c(N3C(=O)C4=C(CCCC4)C3=O)cc21.CCCCSP(=O)(SCCCC)SCCCC. The minimum absolute atomic E-state index is 0.0170. The van der Waals surface area contributed by atoms with E-state index in [0.29, 0.717) is 24.0 Å². The lowest BCUT2D eigenvalue weighted by Crippen LogP contribution is -2.39. The van der Waals surface area contributed by atoms with Crippen molar-refractivity contribution in [3.05, 3.63) is 29.1 Å². The van der Waals surface area contributed by atoms with E-state index in [-0.39, 0.29) is 36.2 Å². The minimum atomic E-state index is -2.06. The summed E-state index contributed by atoms with van der Waals surface area (Å²) in [6, 6.07) is 2.37. The molecule has 43 heavy (non-hydrogen) atoms. The topological polar surface area (TPSA) is 84.0 Å². The molecule has 236 valence electrons. The van der Waals surface area contributed by atoms with Gasteiger partial charge in [-0.2, -0.15) is 0 Å². The van der Waals surface area contributed by atoms with Gasteiger partial charge in [0.15, 0.2) is 12.4 Å². The molecule has 2 aliphatic heterocycles. The second kappa shape index (κ2) is 17.6. The number of unbranched alkanes of at least 4 members (excludes halogenated alkanes) is 3. The summed E-state index contributed by atoms with van der Waals surface area (Å²) in [5.74, 6) is 3.59. The average molecular weight is 669 g/mol. The molecule has 7 nitrogen and oxygen atoms in total. The monoisotopic (exact) mass is 668 g/mol. The van der Waals surface area contributed by atoms with E-state index < -0.39 is 22.4 Å². The number of terminal acetylenes is 1. The molecule has 3 aliphatic rings. The van der Waals surface area contributed by atoms with E-state index in [1.165, 1.54) is 49.5 Å². The number of fused-ring (bicyclic) bond motifs is 1. The highest BCUT2D eigenvalue weighted by Crippen LogP contribution is 2.78. The average Bonchev–Trinajstić information content (AvgIpc) is 3.24. The number of ether oxygens (including phenoxy) is 1. The zero-order valence-electron chi connectivity index (χ0n) is 25.3. The van der Waals surface area contributed by atoms with Gasteiger partial charge in [-0.25, -0.2) is 9.29 Å². The van der Waals surface area contributed by atoms with Crippen LogP contribution in [-0.4, -0.2) is 48.1 Å². The van der Waals surface area contributed by atoms with E-state index in [1.807, 2.05) is 0 Å². The molecule has 0 radical (unpaired) electrons. The minimum Gasteiger partial charge on any atom is -0.481 e. The summed E-state index contributed by atoms with van der Waals surface area (Å²) in [4.78, 5) is 39.5. The molecule has 0 saturated carbocycles. The fraction of sp³-hybridized carbons (Fsp3) is 0.581. The van der Waals surface area contributed by atoms with Crippen LogP contribution in [0, 0.1) is 18.2 Å². The Morgan fingerprint density at radius 1 is 0.884 bits per heavy atom. The highest BCUT2D eigenvalue weighted by molar-refractivity contribution is 9.14. The third-order valence-electron chi connectivity index (χ3n) is 7.09. The van der Waals surface area contributed by atoms with E-state index in [9.17, 15) is 23.3 Å². The standard InChI is InChI=1S/C19H15FN2O4.C12H27OPS3/c1-2-7-21-15-9-14(13(20)8-16(15)26-10-17(21)23)22-18(24)11-5-3-4-6-12(11)19(22)25;1-4-7-10-15-14(13,16-11-8-5-2)17-12-9-6-3/h1,8-9H,3-7,10H2;4-12H2,1-3H3. The summed E-state index contributed by atoms with van der Waals surface area (Å²) in [5.41, 5.74) is 0.992. The van der Waals surface area contributed by atoms with Crippen LogP contribution in [0.3, 0.4) is 0 Å². The van der Waals surface area contributed by atoms with Crippen molar-refractivity contribution in [3.8, 4) is 18.1 Å². The number of nitrogens with zero attached hydrogens (tertiary/aromatic N) is 2. The summed E-state index contributed by atoms with van der Waals surface area (Å²) < 4.78 is 30.6. The molecule has 0 unspecified atom stereocenters. The maximum atomic E-state index is 14.7. The number of carbonyl (C=O) groups excluding carboxylic acids is 3. The lowest BCUT2D eigenvalue weighted by molar-refractivity contribution is -0.121. The number of halogens is 1. The third kappa shape index (κ3) is 9.32. The second-order valence-corrected chi connectivity index (χ2v) is 22.3. The zero-order chi connectivity index (χ0) is 31.4. The Hall–Kier alpha value is -1.86. The van der Waals surface area contributed by atoms with Crippen LogP contribution in [0.15, 0.2) is 23.3 Å². The van der Waals surface area contributed by atoms with Crippen molar-refractivity contribution in [1.29, 1.82) is 0 Å². The highest BCUT2D eigenvalue weighted by Gasteiger charge is 2.41. The Balaban J connectivity index is 0.000000261. The molecule has 0 spiro atoms. The van der Waals surface area contributed by atoms with E-state index in [2.05, 4.69) is 26.7 Å². The van der Waals surface area contributed by atoms with Crippen LogP contribution >= 0.6 is 38.9 Å². The Kier molecular flexibility index (Phi) is 14.6. The molecule has 0 atom stereocenters. The van der Waals surface area contributed by atoms with Gasteiger partial charge in [-0.05, 0) is 51.0 Å². The molecule has 12 heteroatoms. The summed E-state index contributed by atoms with van der Waals surface area (Å²) in [7, 11) is 0. The van der Waals surface area contributed by atoms with E-state index in [1.54, 1.807) is 34.1 Å². The Bertz CT molecular complexity index is 1240. The van der Waals surface area contributed by atoms with Crippen LogP contribution in [-0.2, 0) is 18.9 Å². The number of carbonyl (C=O) groups is 3. The molecule has 3 amide bonds. The number of hydrogen-bond donors (Lipinski definition) is 0. The van der Waals surface area contributed by atoms with Gasteiger partial charge in [0.2, 0.25) is 4.75 Å². The summed E-state index contributed by atoms with van der Waals surface area (Å²) in [6.07, 6.45) is 15.2. The number of anilines is 2. The van der Waals surface area contributed by atoms with Crippen LogP contribution in [0.5, 0.6) is 5.75 Å². The van der Waals surface area contributed by atoms with E-state index in [0.717, 1.165) is 41.1 Å². The number of amides is 3. The van der Waals surface area contributed by atoms with Crippen molar-refractivity contribution in [2.24, 2.45) is 0 Å². The van der Waals surface area contributed by atoms with Crippen LogP contribution in [0.2, 0.25) is 0 Å². The Morgan fingerprint density at radius 3 is 1.86 bits per heavy atom. The maximum Gasteiger partial charge on any atom is 0.265 e. The van der Waals surface area contributed by atoms with Crippen LogP contribution in [0.1, 0.15) is 85.0 Å². The summed E-state index contributed by atoms with van der Waals surface area (Å²) in [6.45, 7) is 6.32. The molecule has 0 saturated heterocycles. The fourth-order valence-corrected chi connectivity index (χ4v) is 16.7. The van der Waals surface area contributed by atoms with Crippen molar-refractivity contribution in [3.63, 3.8) is 0 Å². The van der Waals surface area contributed by atoms with Gasteiger partial charge in [0.05, 0.1) is 17.9 Å². The van der Waals surface area contributed by atoms with Gasteiger partial charge in [0.25, 0.3) is 17.7 Å². The largest absolute Gasteiger partial charge is 0.481 e. The van der Waals surface area contributed by atoms with E-state index in [4.69, 9.17) is 11.2 Å². The molecular weight excluding hydrogens is 627 g/mol. The van der Waals surface area contributed by atoms with Crippen molar-refractivity contribution < 1.29 is 28.1 Å². The van der Waals surface area contributed by atoms with Crippen molar-refractivity contribution >= 4 is 68.0 Å². The van der Waals surface area contributed by atoms with Gasteiger partial charge < -0.3 is 4.74 Å². The van der Waals surface area contributed by atoms with E-state index >= 15 is 0 Å². The number of benzene rings is 1. The van der Waals surface area contributed by atoms with Gasteiger partial charge in [-0.1, -0.05) is 80.1 Å². The van der Waals surface area contributed by atoms with Gasteiger partial charge in [0.1, 0.15) is 5.75 Å². The van der Waals surface area contributed by atoms with Gasteiger partial charge >= 0.3 is 0 Å². The third-order valence-corrected chi connectivity index (χ3v) is 19.6. The first-order valence-electron chi connectivity index (χ1n) is 15.1. The molecule has 0 bridgehead atoms. The first kappa shape index (κ1) is 35.6. The fourth-order valence-electron chi connectivity index (χ4n) is 4.68. The highest BCUT2D eigenvalue weighted by atomic mass is 33.4. The first-order chi connectivity index (χ1) is 20.7. The summed E-state index contributed by atoms with van der Waals surface area (Å²) in [5, 5.41) is 0. The predicted molar refractivity (Wildman–Crippen MR) is 181 cm³/mol. The quantitative estimate of drug-likeness (QED) is 0.0844. The molecule has 0 aromatic heterocycles. The molecular formula is C31H42FN2O5PS3. The molecule has 0 fully saturated rings. The van der Waals surface area contributed by atoms with Crippen molar-refractivity contribution in [2.45, 2.75) is 85.0 Å². The van der Waals surface area contributed by atoms with Gasteiger partial charge in [-0.15, -0.1) is 6.42 Å². The molecule has 2 heterocycles. The number of rotatable bonds is 14. The van der Waals surface area contributed by atoms with Crippen LogP contribution in [0.4, 0.5) is 15.8 Å².